The van der Waals surface area contributed by atoms with Gasteiger partial charge in [-0.3, -0.25) is 0 Å². The first-order chi connectivity index (χ1) is 9.58. The maximum atomic E-state index is 13.8. The molecule has 0 radical (unpaired) electrons. The van der Waals surface area contributed by atoms with Gasteiger partial charge in [0.2, 0.25) is 0 Å². The number of thiophene rings is 1. The van der Waals surface area contributed by atoms with Gasteiger partial charge in [0, 0.05) is 21.1 Å². The molecule has 0 saturated heterocycles. The molecule has 2 heterocycles. The van der Waals surface area contributed by atoms with Gasteiger partial charge in [0.25, 0.3) is 0 Å². The Morgan fingerprint density at radius 2 is 1.95 bits per heavy atom. The van der Waals surface area contributed by atoms with Crippen molar-refractivity contribution in [2.45, 2.75) is 18.2 Å². The van der Waals surface area contributed by atoms with Crippen LogP contribution in [-0.4, -0.2) is 5.75 Å². The molecular weight excluding hydrogens is 303 g/mol. The first-order valence-corrected chi connectivity index (χ1v) is 8.13. The molecule has 1 aliphatic rings. The van der Waals surface area contributed by atoms with E-state index in [1.54, 1.807) is 0 Å². The maximum absolute atomic E-state index is 13.8. The lowest BCUT2D eigenvalue weighted by Gasteiger charge is -2.11. The normalized spacial score (nSPS) is 16.0. The number of hydrogen-bond acceptors (Lipinski definition) is 3. The molecule has 2 N–H and O–H groups in total. The summed E-state index contributed by atoms with van der Waals surface area (Å²) in [4.78, 5) is 2.06. The van der Waals surface area contributed by atoms with E-state index >= 15 is 0 Å². The fourth-order valence-corrected chi connectivity index (χ4v) is 4.65. The molecule has 0 amide bonds. The molecule has 1 atom stereocenters. The molecule has 20 heavy (non-hydrogen) atoms. The van der Waals surface area contributed by atoms with E-state index in [0.29, 0.717) is 0 Å². The van der Waals surface area contributed by atoms with Crippen molar-refractivity contribution in [3.8, 4) is 0 Å². The minimum atomic E-state index is -1.46. The van der Waals surface area contributed by atoms with Crippen LogP contribution in [-0.2, 0) is 12.2 Å². The van der Waals surface area contributed by atoms with Gasteiger partial charge in [0.15, 0.2) is 17.5 Å². The average molecular weight is 315 g/mol. The van der Waals surface area contributed by atoms with Gasteiger partial charge in [-0.15, -0.1) is 11.3 Å². The highest BCUT2D eigenvalue weighted by Gasteiger charge is 2.23. The lowest BCUT2D eigenvalue weighted by molar-refractivity contribution is 0.439. The third-order valence-corrected chi connectivity index (χ3v) is 5.68. The quantitative estimate of drug-likeness (QED) is 0.848. The second kappa shape index (κ2) is 5.42. The van der Waals surface area contributed by atoms with Crippen LogP contribution < -0.4 is 5.73 Å². The molecule has 2 aromatic rings. The van der Waals surface area contributed by atoms with E-state index < -0.39 is 23.5 Å². The zero-order chi connectivity index (χ0) is 14.3. The lowest BCUT2D eigenvalue weighted by atomic mass is 10.0. The molecule has 0 saturated carbocycles. The summed E-state index contributed by atoms with van der Waals surface area (Å²) < 4.78 is 40.0. The van der Waals surface area contributed by atoms with Crippen LogP contribution in [0.4, 0.5) is 13.2 Å². The molecular formula is C14H12F3NS2. The topological polar surface area (TPSA) is 26.0 Å². The summed E-state index contributed by atoms with van der Waals surface area (Å²) in [7, 11) is 0. The molecule has 0 spiro atoms. The van der Waals surface area contributed by atoms with Gasteiger partial charge in [0.05, 0.1) is 6.04 Å². The molecule has 1 aromatic heterocycles. The molecule has 6 heteroatoms. The second-order valence-electron chi connectivity index (χ2n) is 4.64. The van der Waals surface area contributed by atoms with E-state index in [4.69, 9.17) is 5.73 Å². The SMILES string of the molecule is NC(c1cc2c(s1)CCSC2)c1ccc(F)c(F)c1F. The van der Waals surface area contributed by atoms with E-state index in [2.05, 4.69) is 0 Å². The summed E-state index contributed by atoms with van der Waals surface area (Å²) in [5, 5.41) is 0. The minimum Gasteiger partial charge on any atom is -0.320 e. The molecule has 1 unspecified atom stereocenters. The van der Waals surface area contributed by atoms with Crippen LogP contribution in [0.2, 0.25) is 0 Å². The number of fused-ring (bicyclic) bond motifs is 1. The van der Waals surface area contributed by atoms with Crippen LogP contribution in [0.25, 0.3) is 0 Å². The molecule has 1 aromatic carbocycles. The van der Waals surface area contributed by atoms with Gasteiger partial charge >= 0.3 is 0 Å². The van der Waals surface area contributed by atoms with Gasteiger partial charge in [-0.05, 0) is 29.9 Å². The Balaban J connectivity index is 1.98. The predicted octanol–water partition coefficient (Wildman–Crippen LogP) is 4.00. The highest BCUT2D eigenvalue weighted by Crippen LogP contribution is 2.36. The van der Waals surface area contributed by atoms with Crippen molar-refractivity contribution >= 4 is 23.1 Å². The van der Waals surface area contributed by atoms with E-state index in [1.165, 1.54) is 27.8 Å². The zero-order valence-electron chi connectivity index (χ0n) is 10.5. The Kier molecular flexibility index (Phi) is 3.79. The highest BCUT2D eigenvalue weighted by atomic mass is 32.2. The molecule has 0 bridgehead atoms. The largest absolute Gasteiger partial charge is 0.320 e. The summed E-state index contributed by atoms with van der Waals surface area (Å²) in [6, 6.07) is 3.33. The lowest BCUT2D eigenvalue weighted by Crippen LogP contribution is -2.13. The first-order valence-electron chi connectivity index (χ1n) is 6.16. The number of rotatable bonds is 2. The number of thioether (sulfide) groups is 1. The summed E-state index contributed by atoms with van der Waals surface area (Å²) >= 11 is 3.38. The Morgan fingerprint density at radius 1 is 1.15 bits per heavy atom. The van der Waals surface area contributed by atoms with Crippen LogP contribution in [0.15, 0.2) is 18.2 Å². The summed E-state index contributed by atoms with van der Waals surface area (Å²) in [6.45, 7) is 0. The fraction of sp³-hybridized carbons (Fsp3) is 0.286. The maximum Gasteiger partial charge on any atom is 0.194 e. The van der Waals surface area contributed by atoms with Crippen molar-refractivity contribution in [1.82, 2.24) is 0 Å². The number of nitrogens with two attached hydrogens (primary N) is 1. The summed E-state index contributed by atoms with van der Waals surface area (Å²) in [5.74, 6) is -1.85. The number of halogens is 3. The third kappa shape index (κ3) is 2.36. The van der Waals surface area contributed by atoms with Crippen molar-refractivity contribution in [1.29, 1.82) is 0 Å². The minimum absolute atomic E-state index is 0.00449. The van der Waals surface area contributed by atoms with Crippen molar-refractivity contribution in [3.63, 3.8) is 0 Å². The van der Waals surface area contributed by atoms with Crippen LogP contribution in [0.5, 0.6) is 0 Å². The first kappa shape index (κ1) is 14.0. The molecule has 0 fully saturated rings. The van der Waals surface area contributed by atoms with Crippen LogP contribution >= 0.6 is 23.1 Å². The van der Waals surface area contributed by atoms with Crippen molar-refractivity contribution in [3.05, 3.63) is 56.5 Å². The number of hydrogen-bond donors (Lipinski definition) is 1. The smallest absolute Gasteiger partial charge is 0.194 e. The Labute approximate surface area is 123 Å². The van der Waals surface area contributed by atoms with E-state index in [-0.39, 0.29) is 5.56 Å². The second-order valence-corrected chi connectivity index (χ2v) is 6.92. The summed E-state index contributed by atoms with van der Waals surface area (Å²) in [6.07, 6.45) is 0.984. The van der Waals surface area contributed by atoms with Gasteiger partial charge in [-0.1, -0.05) is 6.07 Å². The van der Waals surface area contributed by atoms with Gasteiger partial charge < -0.3 is 5.73 Å². The van der Waals surface area contributed by atoms with E-state index in [0.717, 1.165) is 28.9 Å². The van der Waals surface area contributed by atoms with E-state index in [1.807, 2.05) is 17.8 Å². The van der Waals surface area contributed by atoms with Crippen LogP contribution in [0, 0.1) is 17.5 Å². The Morgan fingerprint density at radius 3 is 2.70 bits per heavy atom. The Bertz CT molecular complexity index is 631. The number of benzene rings is 1. The van der Waals surface area contributed by atoms with Crippen molar-refractivity contribution in [2.24, 2.45) is 5.73 Å². The fourth-order valence-electron chi connectivity index (χ4n) is 2.26. The predicted molar refractivity (Wildman–Crippen MR) is 76.5 cm³/mol. The van der Waals surface area contributed by atoms with E-state index in [9.17, 15) is 13.2 Å². The molecule has 0 aliphatic carbocycles. The van der Waals surface area contributed by atoms with Gasteiger partial charge in [-0.25, -0.2) is 13.2 Å². The number of aryl methyl sites for hydroxylation is 1. The molecule has 106 valence electrons. The molecule has 1 aliphatic heterocycles. The molecule has 3 rings (SSSR count). The summed E-state index contributed by atoms with van der Waals surface area (Å²) in [5.41, 5.74) is 7.24. The third-order valence-electron chi connectivity index (χ3n) is 3.35. The van der Waals surface area contributed by atoms with Crippen LogP contribution in [0.3, 0.4) is 0 Å². The average Bonchev–Trinajstić information content (AvgIpc) is 2.88. The Hall–Kier alpha value is -0.980. The van der Waals surface area contributed by atoms with Crippen molar-refractivity contribution in [2.75, 3.05) is 5.75 Å². The van der Waals surface area contributed by atoms with Gasteiger partial charge in [-0.2, -0.15) is 11.8 Å². The van der Waals surface area contributed by atoms with Crippen LogP contribution in [0.1, 0.15) is 26.9 Å². The standard InChI is InChI=1S/C14H12F3NS2/c15-9-2-1-8(12(16)13(9)17)14(18)11-5-7-6-19-4-3-10(7)20-11/h1-2,5,14H,3-4,6,18H2. The zero-order valence-corrected chi connectivity index (χ0v) is 12.1. The monoisotopic (exact) mass is 315 g/mol. The highest BCUT2D eigenvalue weighted by molar-refractivity contribution is 7.98. The van der Waals surface area contributed by atoms with Crippen molar-refractivity contribution < 1.29 is 13.2 Å². The molecule has 1 nitrogen and oxygen atoms in total. The van der Waals surface area contributed by atoms with Gasteiger partial charge in [0.1, 0.15) is 0 Å².